The second-order valence-corrected chi connectivity index (χ2v) is 13.5. The second kappa shape index (κ2) is 13.9. The van der Waals surface area contributed by atoms with Crippen molar-refractivity contribution in [2.45, 2.75) is 38.0 Å². The predicted octanol–water partition coefficient (Wildman–Crippen LogP) is 7.24. The van der Waals surface area contributed by atoms with Crippen LogP contribution in [0.5, 0.6) is 5.75 Å². The lowest BCUT2D eigenvalue weighted by atomic mass is 9.95. The summed E-state index contributed by atoms with van der Waals surface area (Å²) in [5.41, 5.74) is 3.39. The number of alkyl halides is 2. The fraction of sp³-hybridized carbons (Fsp3) is 0.324. The lowest BCUT2D eigenvalue weighted by Gasteiger charge is -2.21. The topological polar surface area (TPSA) is 146 Å². The van der Waals surface area contributed by atoms with Crippen molar-refractivity contribution in [3.05, 3.63) is 71.8 Å². The predicted molar refractivity (Wildman–Crippen MR) is 187 cm³/mol. The molecule has 2 aliphatic rings. The molecule has 3 N–H and O–H groups in total. The molecule has 0 spiro atoms. The molecule has 6 rings (SSSR count). The quantitative estimate of drug-likeness (QED) is 0.115. The summed E-state index contributed by atoms with van der Waals surface area (Å²) >= 11 is 12.7. The summed E-state index contributed by atoms with van der Waals surface area (Å²) in [4.78, 5) is 62.0. The van der Waals surface area contributed by atoms with Gasteiger partial charge in [0.15, 0.2) is 0 Å². The van der Waals surface area contributed by atoms with Crippen LogP contribution in [0.2, 0.25) is 0 Å². The molecule has 2 atom stereocenters. The third-order valence-electron chi connectivity index (χ3n) is 8.78. The van der Waals surface area contributed by atoms with Crippen LogP contribution in [-0.2, 0) is 18.9 Å². The fourth-order valence-corrected chi connectivity index (χ4v) is 7.74. The maximum atomic E-state index is 13.7. The van der Waals surface area contributed by atoms with Crippen molar-refractivity contribution in [2.75, 3.05) is 46.6 Å². The van der Waals surface area contributed by atoms with E-state index in [9.17, 15) is 28.7 Å². The summed E-state index contributed by atoms with van der Waals surface area (Å²) in [7, 11) is -4.89. The first kappa shape index (κ1) is 34.0. The van der Waals surface area contributed by atoms with Crippen molar-refractivity contribution >= 4 is 87.5 Å². The van der Waals surface area contributed by atoms with E-state index in [2.05, 4.69) is 5.32 Å². The smallest absolute Gasteiger partial charge is 0.450 e. The standard InChI is InChI=1S/C34H34Cl2N3O8P/c1-2-46-34(42)37-26-14-27-32(24-10-5-3-8-22(24)26)20(16-35)18-38(27)30(40)12-7-13-31(41)39-19-21(17-36)33-25-11-6-4-9-23(25)29(15-28(33)39)47-48(43,44)45/h3-6,8-11,14-15,20-21H,2,7,12-13,16-19H2,1H3,(H,37,42)(H2,43,44,45)/t20-,21-/m1/s1. The molecule has 252 valence electrons. The molecule has 14 heteroatoms. The van der Waals surface area contributed by atoms with Gasteiger partial charge >= 0.3 is 13.9 Å². The highest BCUT2D eigenvalue weighted by Gasteiger charge is 2.37. The van der Waals surface area contributed by atoms with Gasteiger partial charge in [-0.25, -0.2) is 9.36 Å². The molecule has 2 heterocycles. The number of hydrogen-bond donors (Lipinski definition) is 3. The molecule has 0 saturated carbocycles. The Labute approximate surface area is 286 Å². The Bertz CT molecular complexity index is 1970. The zero-order valence-electron chi connectivity index (χ0n) is 26.0. The van der Waals surface area contributed by atoms with E-state index in [4.69, 9.17) is 32.5 Å². The molecule has 0 radical (unpaired) electrons. The second-order valence-electron chi connectivity index (χ2n) is 11.7. The fourth-order valence-electron chi connectivity index (χ4n) is 6.83. The van der Waals surface area contributed by atoms with Crippen molar-refractivity contribution < 1.29 is 38.0 Å². The first-order chi connectivity index (χ1) is 23.0. The summed E-state index contributed by atoms with van der Waals surface area (Å²) in [6.07, 6.45) is -0.209. The minimum atomic E-state index is -4.89. The van der Waals surface area contributed by atoms with Crippen LogP contribution < -0.4 is 19.6 Å². The van der Waals surface area contributed by atoms with Crippen LogP contribution >= 0.6 is 31.0 Å². The molecule has 0 aliphatic carbocycles. The number of phosphoric acid groups is 1. The lowest BCUT2D eigenvalue weighted by Crippen LogP contribution is -2.32. The Kier molecular flexibility index (Phi) is 9.88. The number of phosphoric ester groups is 1. The lowest BCUT2D eigenvalue weighted by molar-refractivity contribution is -0.119. The Morgan fingerprint density at radius 1 is 0.833 bits per heavy atom. The van der Waals surface area contributed by atoms with Crippen molar-refractivity contribution in [1.29, 1.82) is 0 Å². The highest BCUT2D eigenvalue weighted by Crippen LogP contribution is 2.49. The van der Waals surface area contributed by atoms with Crippen molar-refractivity contribution in [3.8, 4) is 5.75 Å². The highest BCUT2D eigenvalue weighted by molar-refractivity contribution is 7.46. The average molecular weight is 715 g/mol. The summed E-state index contributed by atoms with van der Waals surface area (Å²) in [6.45, 7) is 2.58. The molecular formula is C34H34Cl2N3O8P. The summed E-state index contributed by atoms with van der Waals surface area (Å²) in [5, 5.41) is 5.69. The van der Waals surface area contributed by atoms with Crippen LogP contribution in [0.25, 0.3) is 21.5 Å². The van der Waals surface area contributed by atoms with Crippen molar-refractivity contribution in [1.82, 2.24) is 0 Å². The summed E-state index contributed by atoms with van der Waals surface area (Å²) in [6, 6.07) is 17.9. The first-order valence-electron chi connectivity index (χ1n) is 15.6. The van der Waals surface area contributed by atoms with Gasteiger partial charge in [0, 0.05) is 72.1 Å². The number of nitrogens with zero attached hydrogens (tertiary/aromatic N) is 2. The number of benzene rings is 4. The SMILES string of the molecule is CCOC(=O)Nc1cc2c(c3ccccc13)[C@H](CCl)CN2C(=O)CCCC(=O)N1C[C@@H](CCl)c2c1cc(OP(=O)(O)O)c1ccccc21. The van der Waals surface area contributed by atoms with Crippen LogP contribution in [0.1, 0.15) is 49.1 Å². The van der Waals surface area contributed by atoms with E-state index >= 15 is 0 Å². The van der Waals surface area contributed by atoms with Crippen LogP contribution in [0.4, 0.5) is 21.9 Å². The van der Waals surface area contributed by atoms with E-state index in [0.717, 1.165) is 21.9 Å². The Morgan fingerprint density at radius 2 is 1.33 bits per heavy atom. The third kappa shape index (κ3) is 6.58. The molecular weight excluding hydrogens is 680 g/mol. The molecule has 11 nitrogen and oxygen atoms in total. The van der Waals surface area contributed by atoms with E-state index in [1.807, 2.05) is 30.3 Å². The van der Waals surface area contributed by atoms with Gasteiger partial charge in [0.05, 0.1) is 18.0 Å². The van der Waals surface area contributed by atoms with Crippen molar-refractivity contribution in [2.24, 2.45) is 0 Å². The number of amides is 3. The molecule has 2 aliphatic heterocycles. The molecule has 3 amide bonds. The largest absolute Gasteiger partial charge is 0.524 e. The van der Waals surface area contributed by atoms with E-state index < -0.39 is 13.9 Å². The summed E-state index contributed by atoms with van der Waals surface area (Å²) < 4.78 is 21.9. The number of rotatable bonds is 10. The van der Waals surface area contributed by atoms with E-state index in [1.165, 1.54) is 6.07 Å². The van der Waals surface area contributed by atoms with Gasteiger partial charge in [-0.3, -0.25) is 24.7 Å². The van der Waals surface area contributed by atoms with Gasteiger partial charge in [-0.2, -0.15) is 0 Å². The van der Waals surface area contributed by atoms with E-state index in [0.29, 0.717) is 40.3 Å². The van der Waals surface area contributed by atoms with Crippen LogP contribution in [0.15, 0.2) is 60.7 Å². The maximum Gasteiger partial charge on any atom is 0.524 e. The normalized spacial score (nSPS) is 17.0. The average Bonchev–Trinajstić information content (AvgIpc) is 3.63. The van der Waals surface area contributed by atoms with Crippen LogP contribution in [0.3, 0.4) is 0 Å². The number of halogens is 2. The molecule has 4 aromatic carbocycles. The van der Waals surface area contributed by atoms with Crippen LogP contribution in [0, 0.1) is 0 Å². The first-order valence-corrected chi connectivity index (χ1v) is 18.2. The molecule has 0 saturated heterocycles. The Hall–Kier alpha value is -3.86. The number of carbonyl (C=O) groups excluding carboxylic acids is 3. The van der Waals surface area contributed by atoms with Gasteiger partial charge in [0.1, 0.15) is 5.75 Å². The third-order valence-corrected chi connectivity index (χ3v) is 9.96. The highest BCUT2D eigenvalue weighted by atomic mass is 35.5. The minimum Gasteiger partial charge on any atom is -0.450 e. The van der Waals surface area contributed by atoms with Gasteiger partial charge in [0.25, 0.3) is 0 Å². The number of fused-ring (bicyclic) bond motifs is 6. The van der Waals surface area contributed by atoms with Gasteiger partial charge in [-0.1, -0.05) is 48.5 Å². The van der Waals surface area contributed by atoms with E-state index in [-0.39, 0.29) is 67.7 Å². The number of nitrogens with one attached hydrogen (secondary N) is 1. The zero-order valence-corrected chi connectivity index (χ0v) is 28.4. The van der Waals surface area contributed by atoms with E-state index in [1.54, 1.807) is 41.0 Å². The van der Waals surface area contributed by atoms with Gasteiger partial charge in [-0.15, -0.1) is 23.2 Å². The van der Waals surface area contributed by atoms with Gasteiger partial charge < -0.3 is 19.1 Å². The Morgan fingerprint density at radius 3 is 1.85 bits per heavy atom. The summed E-state index contributed by atoms with van der Waals surface area (Å²) in [5.74, 6) is -0.270. The van der Waals surface area contributed by atoms with Gasteiger partial charge in [0.2, 0.25) is 11.8 Å². The monoisotopic (exact) mass is 713 g/mol. The maximum absolute atomic E-state index is 13.7. The van der Waals surface area contributed by atoms with Crippen molar-refractivity contribution in [3.63, 3.8) is 0 Å². The number of anilines is 3. The number of hydrogen-bond acceptors (Lipinski definition) is 6. The number of ether oxygens (including phenoxy) is 1. The van der Waals surface area contributed by atoms with Crippen LogP contribution in [-0.4, -0.2) is 59.2 Å². The molecule has 0 fully saturated rings. The molecule has 0 aromatic heterocycles. The number of carbonyl (C=O) groups is 3. The Balaban J connectivity index is 1.22. The molecule has 0 unspecified atom stereocenters. The molecule has 4 aromatic rings. The molecule has 0 bridgehead atoms. The zero-order chi connectivity index (χ0) is 34.2. The van der Waals surface area contributed by atoms with Gasteiger partial charge in [-0.05, 0) is 41.3 Å². The molecule has 48 heavy (non-hydrogen) atoms. The minimum absolute atomic E-state index is 0.0354.